The molecule has 6 nitrogen and oxygen atoms in total. The number of carbonyl (C=O) groups excluding carboxylic acids is 1. The first-order valence-corrected chi connectivity index (χ1v) is 10.2. The molecule has 0 aliphatic carbocycles. The molecular formula is C19H15ClFN3O3S. The van der Waals surface area contributed by atoms with Crippen molar-refractivity contribution in [3.8, 4) is 0 Å². The second-order valence-electron chi connectivity index (χ2n) is 6.80. The number of amides is 1. The van der Waals surface area contributed by atoms with Gasteiger partial charge in [-0.15, -0.1) is 0 Å². The Kier molecular flexibility index (Phi) is 4.37. The van der Waals surface area contributed by atoms with E-state index < -0.39 is 27.2 Å². The van der Waals surface area contributed by atoms with Crippen LogP contribution < -0.4 is 10.0 Å². The standard InChI is InChI=1S/C19H15ClFN3O3S/c1-19(10-23-28(26,27)17-5-3-12(20)6-15(17)19)18(25)24-16-9-22-8-11-2-4-13(21)7-14(11)16/h2-9,23H,10H2,1H3,(H,24,25). The number of nitrogens with one attached hydrogen (secondary N) is 2. The van der Waals surface area contributed by atoms with E-state index in [4.69, 9.17) is 11.6 Å². The molecule has 28 heavy (non-hydrogen) atoms. The van der Waals surface area contributed by atoms with Crippen molar-refractivity contribution in [2.45, 2.75) is 17.2 Å². The zero-order valence-corrected chi connectivity index (χ0v) is 16.2. The molecule has 9 heteroatoms. The maximum absolute atomic E-state index is 13.7. The number of nitrogens with zero attached hydrogens (tertiary/aromatic N) is 1. The van der Waals surface area contributed by atoms with Gasteiger partial charge >= 0.3 is 0 Å². The minimum absolute atomic E-state index is 0.00268. The maximum Gasteiger partial charge on any atom is 0.240 e. The van der Waals surface area contributed by atoms with Gasteiger partial charge < -0.3 is 5.32 Å². The number of hydrogen-bond acceptors (Lipinski definition) is 4. The molecule has 144 valence electrons. The lowest BCUT2D eigenvalue weighted by Crippen LogP contribution is -2.51. The van der Waals surface area contributed by atoms with Gasteiger partial charge in [0.2, 0.25) is 15.9 Å². The van der Waals surface area contributed by atoms with Gasteiger partial charge in [-0.3, -0.25) is 9.78 Å². The predicted octanol–water partition coefficient (Wildman–Crippen LogP) is 3.22. The molecule has 0 saturated heterocycles. The van der Waals surface area contributed by atoms with Crippen LogP contribution in [0.3, 0.4) is 0 Å². The highest BCUT2D eigenvalue weighted by Crippen LogP contribution is 2.36. The molecular weight excluding hydrogens is 405 g/mol. The topological polar surface area (TPSA) is 88.2 Å². The van der Waals surface area contributed by atoms with Crippen LogP contribution in [0.15, 0.2) is 53.7 Å². The van der Waals surface area contributed by atoms with Crippen LogP contribution in [0.4, 0.5) is 10.1 Å². The lowest BCUT2D eigenvalue weighted by atomic mass is 9.81. The van der Waals surface area contributed by atoms with Gasteiger partial charge in [-0.1, -0.05) is 11.6 Å². The Morgan fingerprint density at radius 1 is 1.25 bits per heavy atom. The normalized spacial score (nSPS) is 20.5. The molecule has 4 rings (SSSR count). The molecule has 1 aliphatic rings. The van der Waals surface area contributed by atoms with Crippen molar-refractivity contribution in [2.75, 3.05) is 11.9 Å². The van der Waals surface area contributed by atoms with Crippen molar-refractivity contribution in [3.63, 3.8) is 0 Å². The van der Waals surface area contributed by atoms with Crippen molar-refractivity contribution >= 4 is 44.0 Å². The van der Waals surface area contributed by atoms with E-state index in [-0.39, 0.29) is 11.4 Å². The zero-order valence-electron chi connectivity index (χ0n) is 14.7. The molecule has 0 radical (unpaired) electrons. The fourth-order valence-electron chi connectivity index (χ4n) is 3.28. The van der Waals surface area contributed by atoms with E-state index >= 15 is 0 Å². The summed E-state index contributed by atoms with van der Waals surface area (Å²) < 4.78 is 40.8. The molecule has 0 saturated carbocycles. The van der Waals surface area contributed by atoms with E-state index in [1.165, 1.54) is 36.5 Å². The van der Waals surface area contributed by atoms with Crippen molar-refractivity contribution in [1.82, 2.24) is 9.71 Å². The molecule has 1 atom stereocenters. The fourth-order valence-corrected chi connectivity index (χ4v) is 4.91. The Labute approximate surface area is 165 Å². The maximum atomic E-state index is 13.7. The minimum Gasteiger partial charge on any atom is -0.323 e. The van der Waals surface area contributed by atoms with E-state index in [2.05, 4.69) is 15.0 Å². The number of pyridine rings is 1. The molecule has 0 fully saturated rings. The molecule has 2 heterocycles. The number of rotatable bonds is 2. The monoisotopic (exact) mass is 419 g/mol. The Morgan fingerprint density at radius 2 is 2.04 bits per heavy atom. The Hall–Kier alpha value is -2.55. The quantitative estimate of drug-likeness (QED) is 0.667. The Balaban J connectivity index is 1.79. The average molecular weight is 420 g/mol. The summed E-state index contributed by atoms with van der Waals surface area (Å²) in [4.78, 5) is 17.3. The third kappa shape index (κ3) is 3.03. The van der Waals surface area contributed by atoms with Gasteiger partial charge in [0.25, 0.3) is 0 Å². The Bertz CT molecular complexity index is 1230. The van der Waals surface area contributed by atoms with Crippen LogP contribution in [-0.4, -0.2) is 25.9 Å². The summed E-state index contributed by atoms with van der Waals surface area (Å²) in [6.45, 7) is 1.49. The molecule has 1 amide bonds. The summed E-state index contributed by atoms with van der Waals surface area (Å²) in [6.07, 6.45) is 2.99. The van der Waals surface area contributed by atoms with Crippen LogP contribution >= 0.6 is 11.6 Å². The van der Waals surface area contributed by atoms with Gasteiger partial charge in [-0.05, 0) is 48.9 Å². The number of carbonyl (C=O) groups is 1. The number of halogens is 2. The molecule has 2 N–H and O–H groups in total. The van der Waals surface area contributed by atoms with Crippen LogP contribution in [0.1, 0.15) is 12.5 Å². The van der Waals surface area contributed by atoms with Gasteiger partial charge in [0, 0.05) is 28.5 Å². The summed E-state index contributed by atoms with van der Waals surface area (Å²) in [5.74, 6) is -0.903. The lowest BCUT2D eigenvalue weighted by Gasteiger charge is -2.34. The van der Waals surface area contributed by atoms with Gasteiger partial charge in [0.05, 0.1) is 22.2 Å². The van der Waals surface area contributed by atoms with Crippen molar-refractivity contribution in [1.29, 1.82) is 0 Å². The molecule has 2 aromatic carbocycles. The minimum atomic E-state index is -3.73. The molecule has 1 aliphatic heterocycles. The summed E-state index contributed by atoms with van der Waals surface area (Å²) in [5, 5.41) is 4.25. The number of sulfonamides is 1. The molecule has 0 bridgehead atoms. The summed E-state index contributed by atoms with van der Waals surface area (Å²) in [5.41, 5.74) is -0.586. The van der Waals surface area contributed by atoms with E-state index in [9.17, 15) is 17.6 Å². The third-order valence-electron chi connectivity index (χ3n) is 4.91. The fraction of sp³-hybridized carbons (Fsp3) is 0.158. The SMILES string of the molecule is CC1(C(=O)Nc2cncc3ccc(F)cc23)CNS(=O)(=O)c2ccc(Cl)cc21. The molecule has 3 aromatic rings. The van der Waals surface area contributed by atoms with Crippen molar-refractivity contribution < 1.29 is 17.6 Å². The van der Waals surface area contributed by atoms with Crippen LogP contribution in [-0.2, 0) is 20.2 Å². The number of anilines is 1. The number of benzene rings is 2. The first-order chi connectivity index (χ1) is 13.2. The average Bonchev–Trinajstić information content (AvgIpc) is 2.65. The Morgan fingerprint density at radius 3 is 2.82 bits per heavy atom. The van der Waals surface area contributed by atoms with Crippen LogP contribution in [0.5, 0.6) is 0 Å². The molecule has 0 spiro atoms. The third-order valence-corrected chi connectivity index (χ3v) is 6.61. The number of aromatic nitrogens is 1. The van der Waals surface area contributed by atoms with E-state index in [1.807, 2.05) is 0 Å². The van der Waals surface area contributed by atoms with Crippen LogP contribution in [0.2, 0.25) is 5.02 Å². The van der Waals surface area contributed by atoms with E-state index in [0.717, 1.165) is 0 Å². The number of hydrogen-bond donors (Lipinski definition) is 2. The molecule has 1 unspecified atom stereocenters. The largest absolute Gasteiger partial charge is 0.323 e. The van der Waals surface area contributed by atoms with Gasteiger partial charge in [-0.2, -0.15) is 0 Å². The highest BCUT2D eigenvalue weighted by molar-refractivity contribution is 7.89. The van der Waals surface area contributed by atoms with E-state index in [1.54, 1.807) is 19.2 Å². The highest BCUT2D eigenvalue weighted by Gasteiger charge is 2.44. The van der Waals surface area contributed by atoms with Gasteiger partial charge in [0.1, 0.15) is 5.82 Å². The van der Waals surface area contributed by atoms with Crippen LogP contribution in [0.25, 0.3) is 10.8 Å². The first-order valence-electron chi connectivity index (χ1n) is 8.35. The van der Waals surface area contributed by atoms with Crippen LogP contribution in [0, 0.1) is 5.82 Å². The van der Waals surface area contributed by atoms with Gasteiger partial charge in [0.15, 0.2) is 0 Å². The summed E-state index contributed by atoms with van der Waals surface area (Å²) >= 11 is 6.06. The van der Waals surface area contributed by atoms with Gasteiger partial charge in [-0.25, -0.2) is 17.5 Å². The van der Waals surface area contributed by atoms with Crippen molar-refractivity contribution in [3.05, 3.63) is 65.2 Å². The van der Waals surface area contributed by atoms with E-state index in [0.29, 0.717) is 27.0 Å². The number of fused-ring (bicyclic) bond motifs is 2. The smallest absolute Gasteiger partial charge is 0.240 e. The predicted molar refractivity (Wildman–Crippen MR) is 104 cm³/mol. The summed E-state index contributed by atoms with van der Waals surface area (Å²) in [6, 6.07) is 8.50. The second-order valence-corrected chi connectivity index (χ2v) is 8.98. The zero-order chi connectivity index (χ0) is 20.1. The first kappa shape index (κ1) is 18.8. The molecule has 1 aromatic heterocycles. The lowest BCUT2D eigenvalue weighted by molar-refractivity contribution is -0.120. The van der Waals surface area contributed by atoms with Crippen molar-refractivity contribution in [2.24, 2.45) is 0 Å². The second kappa shape index (κ2) is 6.51. The summed E-state index contributed by atoms with van der Waals surface area (Å²) in [7, 11) is -3.73. The highest BCUT2D eigenvalue weighted by atomic mass is 35.5.